The third-order valence-electron chi connectivity index (χ3n) is 5.84. The third-order valence-corrected chi connectivity index (χ3v) is 5.84. The monoisotopic (exact) mass is 253 g/mol. The molecule has 2 N–H and O–H groups in total. The highest BCUT2D eigenvalue weighted by Gasteiger charge is 2.64. The second-order valence-corrected chi connectivity index (χ2v) is 6.95. The number of carbonyl (C=O) groups is 2. The van der Waals surface area contributed by atoms with Crippen molar-refractivity contribution in [2.24, 2.45) is 22.2 Å². The number of carbonyl (C=O) groups excluding carboxylic acids is 1. The summed E-state index contributed by atoms with van der Waals surface area (Å²) in [6.45, 7) is 9.37. The van der Waals surface area contributed by atoms with Crippen LogP contribution in [0.15, 0.2) is 0 Å². The molecule has 0 heterocycles. The van der Waals surface area contributed by atoms with E-state index in [-0.39, 0.29) is 16.7 Å². The second kappa shape index (κ2) is 3.72. The van der Waals surface area contributed by atoms with Gasteiger partial charge in [0.2, 0.25) is 5.91 Å². The lowest BCUT2D eigenvalue weighted by molar-refractivity contribution is -0.162. The number of carboxylic acid groups (broad SMARTS) is 1. The summed E-state index contributed by atoms with van der Waals surface area (Å²) in [5.41, 5.74) is -0.699. The van der Waals surface area contributed by atoms with Gasteiger partial charge in [-0.15, -0.1) is 0 Å². The van der Waals surface area contributed by atoms with E-state index in [1.807, 2.05) is 0 Å². The van der Waals surface area contributed by atoms with E-state index in [1.165, 1.54) is 0 Å². The minimum Gasteiger partial charge on any atom is -0.480 e. The van der Waals surface area contributed by atoms with Crippen LogP contribution in [0.25, 0.3) is 0 Å². The molecule has 2 fully saturated rings. The van der Waals surface area contributed by atoms with Crippen molar-refractivity contribution in [3.8, 4) is 0 Å². The van der Waals surface area contributed by atoms with Gasteiger partial charge in [0.15, 0.2) is 0 Å². The Morgan fingerprint density at radius 2 is 1.67 bits per heavy atom. The minimum atomic E-state index is -1.14. The Morgan fingerprint density at radius 3 is 1.94 bits per heavy atom. The molecule has 0 atom stereocenters. The highest BCUT2D eigenvalue weighted by molar-refractivity contribution is 6.02. The Balaban J connectivity index is 1.93. The van der Waals surface area contributed by atoms with E-state index in [2.05, 4.69) is 33.0 Å². The van der Waals surface area contributed by atoms with Crippen molar-refractivity contribution in [2.75, 3.05) is 6.54 Å². The number of aliphatic carboxylic acids is 1. The lowest BCUT2D eigenvalue weighted by atomic mass is 9.68. The molecule has 2 aliphatic carbocycles. The topological polar surface area (TPSA) is 66.4 Å². The number of carboxylic acids is 1. The van der Waals surface area contributed by atoms with Gasteiger partial charge in [-0.05, 0) is 29.6 Å². The first-order chi connectivity index (χ1) is 8.16. The summed E-state index contributed by atoms with van der Waals surface area (Å²) >= 11 is 0. The van der Waals surface area contributed by atoms with Gasteiger partial charge in [0.25, 0.3) is 0 Å². The van der Waals surface area contributed by atoms with E-state index < -0.39 is 11.4 Å². The highest BCUT2D eigenvalue weighted by atomic mass is 16.4. The smallest absolute Gasteiger partial charge is 0.319 e. The molecule has 4 nitrogen and oxygen atoms in total. The lowest BCUT2D eigenvalue weighted by Crippen LogP contribution is -2.51. The van der Waals surface area contributed by atoms with Crippen LogP contribution >= 0.6 is 0 Å². The van der Waals surface area contributed by atoms with E-state index in [9.17, 15) is 14.7 Å². The molecule has 2 saturated carbocycles. The fraction of sp³-hybridized carbons (Fsp3) is 0.857. The molecule has 18 heavy (non-hydrogen) atoms. The Hall–Kier alpha value is -1.06. The van der Waals surface area contributed by atoms with Gasteiger partial charge >= 0.3 is 5.97 Å². The number of hydrogen-bond acceptors (Lipinski definition) is 2. The largest absolute Gasteiger partial charge is 0.480 e. The van der Waals surface area contributed by atoms with Gasteiger partial charge in [-0.25, -0.2) is 0 Å². The van der Waals surface area contributed by atoms with Crippen molar-refractivity contribution in [3.05, 3.63) is 0 Å². The number of hydrogen-bond donors (Lipinski definition) is 2. The molecular formula is C14H23NO3. The lowest BCUT2D eigenvalue weighted by Gasteiger charge is -2.35. The average molecular weight is 253 g/mol. The number of nitrogens with one attached hydrogen (secondary N) is 1. The molecule has 0 unspecified atom stereocenters. The van der Waals surface area contributed by atoms with E-state index in [4.69, 9.17) is 0 Å². The predicted molar refractivity (Wildman–Crippen MR) is 68.0 cm³/mol. The zero-order chi connectivity index (χ0) is 13.8. The molecule has 0 saturated heterocycles. The summed E-state index contributed by atoms with van der Waals surface area (Å²) in [5, 5.41) is 12.0. The first kappa shape index (κ1) is 13.4. The summed E-state index contributed by atoms with van der Waals surface area (Å²) in [7, 11) is 0. The van der Waals surface area contributed by atoms with Crippen molar-refractivity contribution >= 4 is 11.9 Å². The molecule has 0 bridgehead atoms. The second-order valence-electron chi connectivity index (χ2n) is 6.95. The molecule has 0 aromatic heterocycles. The molecule has 0 spiro atoms. The Morgan fingerprint density at radius 1 is 1.17 bits per heavy atom. The van der Waals surface area contributed by atoms with Crippen LogP contribution in [0.2, 0.25) is 0 Å². The molecule has 2 rings (SSSR count). The molecular weight excluding hydrogens is 230 g/mol. The Kier molecular flexibility index (Phi) is 2.76. The van der Waals surface area contributed by atoms with Crippen molar-refractivity contribution in [1.29, 1.82) is 0 Å². The molecule has 0 radical (unpaired) electrons. The highest BCUT2D eigenvalue weighted by Crippen LogP contribution is 2.68. The quantitative estimate of drug-likeness (QED) is 0.753. The van der Waals surface area contributed by atoms with Gasteiger partial charge in [0.1, 0.15) is 5.41 Å². The molecule has 4 heteroatoms. The Labute approximate surface area is 108 Å². The number of rotatable bonds is 4. The summed E-state index contributed by atoms with van der Waals surface area (Å²) in [5.74, 6) is -0.833. The van der Waals surface area contributed by atoms with Crippen LogP contribution in [0.5, 0.6) is 0 Å². The van der Waals surface area contributed by atoms with Gasteiger partial charge in [0.05, 0.1) is 0 Å². The summed E-state index contributed by atoms with van der Waals surface area (Å²) < 4.78 is 0. The normalized spacial score (nSPS) is 27.1. The average Bonchev–Trinajstić information content (AvgIpc) is 2.51. The fourth-order valence-electron chi connectivity index (χ4n) is 3.28. The van der Waals surface area contributed by atoms with Gasteiger partial charge in [-0.2, -0.15) is 0 Å². The first-order valence-corrected chi connectivity index (χ1v) is 6.68. The van der Waals surface area contributed by atoms with Gasteiger partial charge in [-0.1, -0.05) is 34.1 Å². The maximum Gasteiger partial charge on any atom is 0.319 e. The molecule has 102 valence electrons. The van der Waals surface area contributed by atoms with Crippen LogP contribution in [0, 0.1) is 22.2 Å². The van der Waals surface area contributed by atoms with Gasteiger partial charge in [-0.3, -0.25) is 9.59 Å². The summed E-state index contributed by atoms with van der Waals surface area (Å²) in [6.07, 6.45) is 1.79. The van der Waals surface area contributed by atoms with E-state index >= 15 is 0 Å². The van der Waals surface area contributed by atoms with Gasteiger partial charge in [0, 0.05) is 6.54 Å². The van der Waals surface area contributed by atoms with Crippen LogP contribution in [0.1, 0.15) is 47.0 Å². The van der Waals surface area contributed by atoms with Gasteiger partial charge < -0.3 is 10.4 Å². The maximum absolute atomic E-state index is 12.1. The Bertz CT molecular complexity index is 380. The molecule has 0 aromatic rings. The van der Waals surface area contributed by atoms with E-state index in [0.29, 0.717) is 25.3 Å². The van der Waals surface area contributed by atoms with Crippen LogP contribution in [-0.2, 0) is 9.59 Å². The molecule has 0 aliphatic heterocycles. The van der Waals surface area contributed by atoms with Crippen molar-refractivity contribution in [2.45, 2.75) is 47.0 Å². The summed E-state index contributed by atoms with van der Waals surface area (Å²) in [4.78, 5) is 23.3. The predicted octanol–water partition coefficient (Wildman–Crippen LogP) is 2.04. The van der Waals surface area contributed by atoms with E-state index in [1.54, 1.807) is 0 Å². The molecule has 1 amide bonds. The van der Waals surface area contributed by atoms with Crippen LogP contribution < -0.4 is 5.32 Å². The molecule has 2 aliphatic rings. The number of amides is 1. The zero-order valence-electron chi connectivity index (χ0n) is 11.7. The zero-order valence-corrected chi connectivity index (χ0v) is 11.7. The first-order valence-electron chi connectivity index (χ1n) is 6.68. The fourth-order valence-corrected chi connectivity index (χ4v) is 3.28. The van der Waals surface area contributed by atoms with Crippen LogP contribution in [0.3, 0.4) is 0 Å². The van der Waals surface area contributed by atoms with Crippen molar-refractivity contribution < 1.29 is 14.7 Å². The van der Waals surface area contributed by atoms with Crippen molar-refractivity contribution in [1.82, 2.24) is 5.32 Å². The third kappa shape index (κ3) is 1.57. The van der Waals surface area contributed by atoms with Crippen LogP contribution in [0.4, 0.5) is 0 Å². The minimum absolute atomic E-state index is 0.219. The maximum atomic E-state index is 12.1. The SMILES string of the molecule is CC1(C)C(CNC(=O)C2(C(=O)O)CCC2)C1(C)C. The van der Waals surface area contributed by atoms with Crippen molar-refractivity contribution in [3.63, 3.8) is 0 Å². The molecule has 0 aromatic carbocycles. The standard InChI is InChI=1S/C14H23NO3/c1-12(2)9(13(12,3)4)8-15-10(16)14(11(17)18)6-5-7-14/h9H,5-8H2,1-4H3,(H,15,16)(H,17,18). The van der Waals surface area contributed by atoms with Crippen LogP contribution in [-0.4, -0.2) is 23.5 Å². The summed E-state index contributed by atoms with van der Waals surface area (Å²) in [6, 6.07) is 0. The van der Waals surface area contributed by atoms with E-state index in [0.717, 1.165) is 6.42 Å².